The van der Waals surface area contributed by atoms with Gasteiger partial charge in [0.05, 0.1) is 12.8 Å². The Balaban J connectivity index is 2.11. The molecule has 2 N–H and O–H groups in total. The summed E-state index contributed by atoms with van der Waals surface area (Å²) in [6, 6.07) is 3.69. The van der Waals surface area contributed by atoms with E-state index in [1.807, 2.05) is 19.2 Å². The molecule has 5 heteroatoms. The number of amides is 1. The highest BCUT2D eigenvalue weighted by molar-refractivity contribution is 5.82. The fraction of sp³-hybridized carbons (Fsp3) is 0.615. The molecule has 1 aromatic heterocycles. The van der Waals surface area contributed by atoms with Gasteiger partial charge >= 0.3 is 0 Å². The zero-order valence-corrected chi connectivity index (χ0v) is 11.0. The first-order chi connectivity index (χ1) is 8.70. The molecule has 1 aliphatic rings. The number of hydrogen-bond donors (Lipinski definition) is 2. The molecule has 0 radical (unpaired) electrons. The summed E-state index contributed by atoms with van der Waals surface area (Å²) in [5.74, 6) is 1.45. The Morgan fingerprint density at radius 3 is 3.11 bits per heavy atom. The zero-order chi connectivity index (χ0) is 13.0. The number of likely N-dealkylation sites (N-methyl/N-ethyl adjacent to an activating group) is 1. The lowest BCUT2D eigenvalue weighted by atomic mass is 10.1. The van der Waals surface area contributed by atoms with Gasteiger partial charge < -0.3 is 15.1 Å². The Labute approximate surface area is 108 Å². The lowest BCUT2D eigenvalue weighted by Crippen LogP contribution is -2.49. The third kappa shape index (κ3) is 3.11. The summed E-state index contributed by atoms with van der Waals surface area (Å²) in [6.45, 7) is 5.12. The third-order valence-corrected chi connectivity index (χ3v) is 3.25. The SMILES string of the molecule is CNCC1C(=O)NCC(C)CN1Cc1ccco1. The molecule has 1 amide bonds. The Morgan fingerprint density at radius 1 is 1.61 bits per heavy atom. The first-order valence-corrected chi connectivity index (χ1v) is 6.39. The van der Waals surface area contributed by atoms with Crippen LogP contribution in [0.3, 0.4) is 0 Å². The van der Waals surface area contributed by atoms with Gasteiger partial charge in [-0.15, -0.1) is 0 Å². The molecule has 1 aliphatic heterocycles. The van der Waals surface area contributed by atoms with Crippen molar-refractivity contribution in [3.8, 4) is 0 Å². The summed E-state index contributed by atoms with van der Waals surface area (Å²) in [5.41, 5.74) is 0. The second-order valence-corrected chi connectivity index (χ2v) is 4.93. The Kier molecular flexibility index (Phi) is 4.38. The van der Waals surface area contributed by atoms with Crippen LogP contribution >= 0.6 is 0 Å². The van der Waals surface area contributed by atoms with Gasteiger partial charge in [0.15, 0.2) is 0 Å². The van der Waals surface area contributed by atoms with Crippen LogP contribution < -0.4 is 10.6 Å². The standard InChI is InChI=1S/C13H21N3O2/c1-10-6-15-13(17)12(7-14-2)16(8-10)9-11-4-3-5-18-11/h3-5,10,12,14H,6-9H2,1-2H3,(H,15,17). The molecule has 0 saturated carbocycles. The number of nitrogens with one attached hydrogen (secondary N) is 2. The maximum atomic E-state index is 12.1. The minimum Gasteiger partial charge on any atom is -0.468 e. The van der Waals surface area contributed by atoms with Crippen LogP contribution in [0.25, 0.3) is 0 Å². The highest BCUT2D eigenvalue weighted by atomic mass is 16.3. The topological polar surface area (TPSA) is 57.5 Å². The Morgan fingerprint density at radius 2 is 2.44 bits per heavy atom. The monoisotopic (exact) mass is 251 g/mol. The largest absolute Gasteiger partial charge is 0.468 e. The molecule has 2 unspecified atom stereocenters. The van der Waals surface area contributed by atoms with Crippen LogP contribution in [0.2, 0.25) is 0 Å². The summed E-state index contributed by atoms with van der Waals surface area (Å²) in [6.07, 6.45) is 1.67. The van der Waals surface area contributed by atoms with Crippen molar-refractivity contribution in [2.24, 2.45) is 5.92 Å². The van der Waals surface area contributed by atoms with E-state index in [0.717, 1.165) is 18.8 Å². The number of furan rings is 1. The third-order valence-electron chi connectivity index (χ3n) is 3.25. The van der Waals surface area contributed by atoms with Crippen LogP contribution in [0.15, 0.2) is 22.8 Å². The van der Waals surface area contributed by atoms with Crippen LogP contribution in [0.4, 0.5) is 0 Å². The second kappa shape index (κ2) is 6.02. The molecule has 1 saturated heterocycles. The van der Waals surface area contributed by atoms with E-state index in [1.54, 1.807) is 6.26 Å². The number of rotatable bonds is 4. The van der Waals surface area contributed by atoms with E-state index in [2.05, 4.69) is 22.5 Å². The fourth-order valence-corrected chi connectivity index (χ4v) is 2.34. The summed E-state index contributed by atoms with van der Waals surface area (Å²) in [7, 11) is 1.87. The van der Waals surface area contributed by atoms with Crippen LogP contribution in [-0.2, 0) is 11.3 Å². The lowest BCUT2D eigenvalue weighted by molar-refractivity contribution is -0.125. The van der Waals surface area contributed by atoms with E-state index in [-0.39, 0.29) is 11.9 Å². The second-order valence-electron chi connectivity index (χ2n) is 4.93. The Hall–Kier alpha value is -1.33. The van der Waals surface area contributed by atoms with Gasteiger partial charge in [0.25, 0.3) is 0 Å². The molecule has 100 valence electrons. The van der Waals surface area contributed by atoms with E-state index >= 15 is 0 Å². The van der Waals surface area contributed by atoms with Crippen molar-refractivity contribution in [1.82, 2.24) is 15.5 Å². The van der Waals surface area contributed by atoms with Crippen molar-refractivity contribution in [2.75, 3.05) is 26.7 Å². The van der Waals surface area contributed by atoms with Crippen LogP contribution in [0.5, 0.6) is 0 Å². The van der Waals surface area contributed by atoms with Gasteiger partial charge in [-0.05, 0) is 25.1 Å². The number of nitrogens with zero attached hydrogens (tertiary/aromatic N) is 1. The molecule has 0 aromatic carbocycles. The molecule has 5 nitrogen and oxygen atoms in total. The van der Waals surface area contributed by atoms with Gasteiger partial charge in [-0.1, -0.05) is 6.92 Å². The van der Waals surface area contributed by atoms with Crippen molar-refractivity contribution in [1.29, 1.82) is 0 Å². The van der Waals surface area contributed by atoms with Crippen molar-refractivity contribution in [3.05, 3.63) is 24.2 Å². The van der Waals surface area contributed by atoms with E-state index < -0.39 is 0 Å². The average molecular weight is 251 g/mol. The Bertz CT molecular complexity index is 378. The number of carbonyl (C=O) groups excluding carboxylic acids is 1. The molecule has 1 aromatic rings. The van der Waals surface area contributed by atoms with E-state index in [0.29, 0.717) is 19.0 Å². The predicted octanol–water partition coefficient (Wildman–Crippen LogP) is 0.436. The van der Waals surface area contributed by atoms with E-state index in [1.165, 1.54) is 0 Å². The smallest absolute Gasteiger partial charge is 0.238 e. The molecule has 0 bridgehead atoms. The van der Waals surface area contributed by atoms with E-state index in [9.17, 15) is 4.79 Å². The van der Waals surface area contributed by atoms with Gasteiger partial charge in [-0.3, -0.25) is 9.69 Å². The molecule has 1 fully saturated rings. The molecule has 18 heavy (non-hydrogen) atoms. The molecule has 0 spiro atoms. The predicted molar refractivity (Wildman–Crippen MR) is 69.0 cm³/mol. The summed E-state index contributed by atoms with van der Waals surface area (Å²) in [5, 5.41) is 6.07. The van der Waals surface area contributed by atoms with Crippen molar-refractivity contribution < 1.29 is 9.21 Å². The number of carbonyl (C=O) groups is 1. The van der Waals surface area contributed by atoms with Crippen molar-refractivity contribution >= 4 is 5.91 Å². The maximum Gasteiger partial charge on any atom is 0.238 e. The number of hydrogen-bond acceptors (Lipinski definition) is 4. The van der Waals surface area contributed by atoms with Crippen molar-refractivity contribution in [3.63, 3.8) is 0 Å². The molecular weight excluding hydrogens is 230 g/mol. The molecule has 0 aliphatic carbocycles. The fourth-order valence-electron chi connectivity index (χ4n) is 2.34. The molecular formula is C13H21N3O2. The minimum absolute atomic E-state index is 0.0975. The summed E-state index contributed by atoms with van der Waals surface area (Å²) in [4.78, 5) is 14.2. The van der Waals surface area contributed by atoms with Gasteiger partial charge in [0.1, 0.15) is 11.8 Å². The highest BCUT2D eigenvalue weighted by Crippen LogP contribution is 2.14. The first-order valence-electron chi connectivity index (χ1n) is 6.39. The first kappa shape index (κ1) is 13.1. The van der Waals surface area contributed by atoms with Crippen molar-refractivity contribution in [2.45, 2.75) is 19.5 Å². The van der Waals surface area contributed by atoms with Gasteiger partial charge in [-0.25, -0.2) is 0 Å². The van der Waals surface area contributed by atoms with Crippen LogP contribution in [0, 0.1) is 5.92 Å². The van der Waals surface area contributed by atoms with Gasteiger partial charge in [0.2, 0.25) is 5.91 Å². The van der Waals surface area contributed by atoms with Crippen LogP contribution in [-0.4, -0.2) is 43.5 Å². The van der Waals surface area contributed by atoms with E-state index in [4.69, 9.17) is 4.42 Å². The normalized spacial score (nSPS) is 25.8. The maximum absolute atomic E-state index is 12.1. The molecule has 2 heterocycles. The highest BCUT2D eigenvalue weighted by Gasteiger charge is 2.30. The molecule has 2 rings (SSSR count). The summed E-state index contributed by atoms with van der Waals surface area (Å²) >= 11 is 0. The quantitative estimate of drug-likeness (QED) is 0.815. The lowest BCUT2D eigenvalue weighted by Gasteiger charge is -2.28. The van der Waals surface area contributed by atoms with Gasteiger partial charge in [0, 0.05) is 19.6 Å². The summed E-state index contributed by atoms with van der Waals surface area (Å²) < 4.78 is 5.38. The minimum atomic E-state index is -0.134. The molecule has 2 atom stereocenters. The van der Waals surface area contributed by atoms with Gasteiger partial charge in [-0.2, -0.15) is 0 Å². The van der Waals surface area contributed by atoms with Crippen LogP contribution in [0.1, 0.15) is 12.7 Å². The average Bonchev–Trinajstić information content (AvgIpc) is 2.80. The zero-order valence-electron chi connectivity index (χ0n) is 11.0.